The van der Waals surface area contributed by atoms with Crippen LogP contribution in [-0.4, -0.2) is 69.6 Å². The first-order chi connectivity index (χ1) is 13.5. The van der Waals surface area contributed by atoms with Gasteiger partial charge >= 0.3 is 0 Å². The molecule has 2 aromatic carbocycles. The molecule has 2 aromatic rings. The van der Waals surface area contributed by atoms with Crippen LogP contribution >= 0.6 is 0 Å². The molecule has 1 saturated heterocycles. The molecule has 3 rings (SSSR count). The van der Waals surface area contributed by atoms with Crippen LogP contribution in [0.4, 0.5) is 5.69 Å². The van der Waals surface area contributed by atoms with Crippen molar-refractivity contribution in [2.24, 2.45) is 5.73 Å². The Morgan fingerprint density at radius 3 is 2.39 bits per heavy atom. The number of carbonyl (C=O) groups is 1. The van der Waals surface area contributed by atoms with E-state index in [1.54, 1.807) is 26.1 Å². The maximum absolute atomic E-state index is 12.5. The molecule has 1 amide bonds. The summed E-state index contributed by atoms with van der Waals surface area (Å²) in [5.74, 6) is 0.899. The van der Waals surface area contributed by atoms with Gasteiger partial charge in [-0.1, -0.05) is 30.3 Å². The molecule has 28 heavy (non-hydrogen) atoms. The first-order valence-electron chi connectivity index (χ1n) is 9.67. The Bertz CT molecular complexity index is 801. The summed E-state index contributed by atoms with van der Waals surface area (Å²) in [7, 11) is 5.24. The minimum Gasteiger partial charge on any atom is -0.495 e. The second kappa shape index (κ2) is 9.08. The van der Waals surface area contributed by atoms with Crippen LogP contribution in [0.5, 0.6) is 5.75 Å². The van der Waals surface area contributed by atoms with Crippen molar-refractivity contribution >= 4 is 11.6 Å². The van der Waals surface area contributed by atoms with Crippen molar-refractivity contribution in [3.63, 3.8) is 0 Å². The van der Waals surface area contributed by atoms with Gasteiger partial charge in [0.2, 0.25) is 0 Å². The van der Waals surface area contributed by atoms with Gasteiger partial charge in [0.15, 0.2) is 0 Å². The lowest BCUT2D eigenvalue weighted by molar-refractivity contribution is 0.0825. The average molecular weight is 383 g/mol. The number of amides is 1. The minimum absolute atomic E-state index is 0.00737. The Kier molecular flexibility index (Phi) is 6.54. The zero-order valence-electron chi connectivity index (χ0n) is 17.0. The number of para-hydroxylation sites is 2. The van der Waals surface area contributed by atoms with Crippen molar-refractivity contribution in [2.45, 2.75) is 6.04 Å². The number of benzene rings is 2. The zero-order chi connectivity index (χ0) is 20.1. The Labute approximate surface area is 167 Å². The fourth-order valence-corrected chi connectivity index (χ4v) is 3.69. The molecule has 0 spiro atoms. The van der Waals surface area contributed by atoms with E-state index in [-0.39, 0.29) is 11.9 Å². The number of nitrogens with zero attached hydrogens (tertiary/aromatic N) is 3. The smallest absolute Gasteiger partial charge is 0.253 e. The third-order valence-corrected chi connectivity index (χ3v) is 5.25. The normalized spacial score (nSPS) is 15.9. The molecule has 6 heteroatoms. The van der Waals surface area contributed by atoms with Crippen LogP contribution in [0.2, 0.25) is 0 Å². The summed E-state index contributed by atoms with van der Waals surface area (Å²) >= 11 is 0. The molecule has 150 valence electrons. The summed E-state index contributed by atoms with van der Waals surface area (Å²) < 4.78 is 5.49. The Morgan fingerprint density at radius 1 is 1.07 bits per heavy atom. The number of rotatable bonds is 6. The minimum atomic E-state index is -0.196. The molecule has 0 aromatic heterocycles. The number of hydrogen-bond acceptors (Lipinski definition) is 5. The van der Waals surface area contributed by atoms with E-state index >= 15 is 0 Å². The van der Waals surface area contributed by atoms with Crippen LogP contribution in [0.1, 0.15) is 22.0 Å². The molecular formula is C22H30N4O2. The monoisotopic (exact) mass is 382 g/mol. The van der Waals surface area contributed by atoms with Crippen LogP contribution in [0.15, 0.2) is 48.5 Å². The van der Waals surface area contributed by atoms with Crippen LogP contribution in [0.3, 0.4) is 0 Å². The molecule has 0 radical (unpaired) electrons. The van der Waals surface area contributed by atoms with Crippen molar-refractivity contribution in [3.8, 4) is 5.75 Å². The molecule has 1 atom stereocenters. The van der Waals surface area contributed by atoms with Gasteiger partial charge in [-0.05, 0) is 23.8 Å². The van der Waals surface area contributed by atoms with Crippen LogP contribution in [0, 0.1) is 0 Å². The van der Waals surface area contributed by atoms with Crippen LogP contribution in [0.25, 0.3) is 0 Å². The molecule has 6 nitrogen and oxygen atoms in total. The lowest BCUT2D eigenvalue weighted by Gasteiger charge is -2.37. The SMILES string of the molecule is COc1ccccc1N1CCN(CC(N)c2ccccc2C(=O)N(C)C)CC1. The van der Waals surface area contributed by atoms with Gasteiger partial charge in [-0.3, -0.25) is 9.69 Å². The van der Waals surface area contributed by atoms with E-state index < -0.39 is 0 Å². The van der Waals surface area contributed by atoms with E-state index in [0.29, 0.717) is 5.56 Å². The first kappa shape index (κ1) is 20.2. The van der Waals surface area contributed by atoms with E-state index in [9.17, 15) is 4.79 Å². The highest BCUT2D eigenvalue weighted by molar-refractivity contribution is 5.95. The van der Waals surface area contributed by atoms with E-state index in [1.165, 1.54) is 0 Å². The quantitative estimate of drug-likeness (QED) is 0.830. The maximum atomic E-state index is 12.5. The highest BCUT2D eigenvalue weighted by Crippen LogP contribution is 2.28. The van der Waals surface area contributed by atoms with Gasteiger partial charge in [0.25, 0.3) is 5.91 Å². The number of hydrogen-bond donors (Lipinski definition) is 1. The third kappa shape index (κ3) is 4.46. The van der Waals surface area contributed by atoms with Crippen molar-refractivity contribution < 1.29 is 9.53 Å². The Hall–Kier alpha value is -2.57. The molecule has 1 unspecified atom stereocenters. The fraction of sp³-hybridized carbons (Fsp3) is 0.409. The van der Waals surface area contributed by atoms with Gasteiger partial charge in [-0.15, -0.1) is 0 Å². The highest BCUT2D eigenvalue weighted by Gasteiger charge is 2.23. The summed E-state index contributed by atoms with van der Waals surface area (Å²) in [5, 5.41) is 0. The van der Waals surface area contributed by atoms with Crippen molar-refractivity contribution in [1.82, 2.24) is 9.80 Å². The molecule has 1 aliphatic rings. The summed E-state index contributed by atoms with van der Waals surface area (Å²) in [6.07, 6.45) is 0. The molecule has 1 aliphatic heterocycles. The van der Waals surface area contributed by atoms with Crippen molar-refractivity contribution in [1.29, 1.82) is 0 Å². The second-order valence-electron chi connectivity index (χ2n) is 7.35. The van der Waals surface area contributed by atoms with Gasteiger partial charge in [0.1, 0.15) is 5.75 Å². The molecule has 1 heterocycles. The van der Waals surface area contributed by atoms with Gasteiger partial charge < -0.3 is 20.3 Å². The first-order valence-corrected chi connectivity index (χ1v) is 9.67. The second-order valence-corrected chi connectivity index (χ2v) is 7.35. The largest absolute Gasteiger partial charge is 0.495 e. The van der Waals surface area contributed by atoms with E-state index in [2.05, 4.69) is 15.9 Å². The van der Waals surface area contributed by atoms with Crippen LogP contribution in [-0.2, 0) is 0 Å². The van der Waals surface area contributed by atoms with E-state index in [1.807, 2.05) is 42.5 Å². The Balaban J connectivity index is 1.63. The number of ether oxygens (including phenoxy) is 1. The molecule has 0 saturated carbocycles. The summed E-state index contributed by atoms with van der Waals surface area (Å²) in [6.45, 7) is 4.43. The molecular weight excluding hydrogens is 352 g/mol. The lowest BCUT2D eigenvalue weighted by Crippen LogP contribution is -2.48. The van der Waals surface area contributed by atoms with Gasteiger partial charge in [-0.2, -0.15) is 0 Å². The van der Waals surface area contributed by atoms with Crippen molar-refractivity contribution in [3.05, 3.63) is 59.7 Å². The topological polar surface area (TPSA) is 62.0 Å². The molecule has 2 N–H and O–H groups in total. The molecule has 0 aliphatic carbocycles. The predicted octanol–water partition coefficient (Wildman–Crippen LogP) is 2.22. The van der Waals surface area contributed by atoms with E-state index in [4.69, 9.17) is 10.5 Å². The van der Waals surface area contributed by atoms with E-state index in [0.717, 1.165) is 49.7 Å². The molecule has 0 bridgehead atoms. The van der Waals surface area contributed by atoms with Gasteiger partial charge in [-0.25, -0.2) is 0 Å². The number of piperazine rings is 1. The number of anilines is 1. The maximum Gasteiger partial charge on any atom is 0.253 e. The van der Waals surface area contributed by atoms with Gasteiger partial charge in [0.05, 0.1) is 12.8 Å². The van der Waals surface area contributed by atoms with Crippen molar-refractivity contribution in [2.75, 3.05) is 58.8 Å². The standard InChI is InChI=1S/C22H30N4O2/c1-24(2)22(27)18-9-5-4-8-17(18)19(23)16-25-12-14-26(15-13-25)20-10-6-7-11-21(20)28-3/h4-11,19H,12-16,23H2,1-3H3. The zero-order valence-corrected chi connectivity index (χ0v) is 17.0. The summed E-state index contributed by atoms with van der Waals surface area (Å²) in [6, 6.07) is 15.6. The van der Waals surface area contributed by atoms with Crippen LogP contribution < -0.4 is 15.4 Å². The number of methoxy groups -OCH3 is 1. The number of nitrogens with two attached hydrogens (primary N) is 1. The average Bonchev–Trinajstić information content (AvgIpc) is 2.73. The number of carbonyl (C=O) groups excluding carboxylic acids is 1. The lowest BCUT2D eigenvalue weighted by atomic mass is 9.99. The summed E-state index contributed by atoms with van der Waals surface area (Å²) in [4.78, 5) is 18.8. The Morgan fingerprint density at radius 2 is 1.71 bits per heavy atom. The fourth-order valence-electron chi connectivity index (χ4n) is 3.69. The molecule has 1 fully saturated rings. The third-order valence-electron chi connectivity index (χ3n) is 5.25. The van der Waals surface area contributed by atoms with Gasteiger partial charge in [0, 0.05) is 58.4 Å². The summed E-state index contributed by atoms with van der Waals surface area (Å²) in [5.41, 5.74) is 9.24. The highest BCUT2D eigenvalue weighted by atomic mass is 16.5. The predicted molar refractivity (Wildman–Crippen MR) is 113 cm³/mol.